The van der Waals surface area contributed by atoms with Gasteiger partial charge in [-0.05, 0) is 63.2 Å². The summed E-state index contributed by atoms with van der Waals surface area (Å²) in [6, 6.07) is 5.90. The van der Waals surface area contributed by atoms with Gasteiger partial charge in [0, 0.05) is 25.1 Å². The molecule has 0 amide bonds. The summed E-state index contributed by atoms with van der Waals surface area (Å²) in [5.41, 5.74) is 1.46. The molecule has 2 atom stereocenters. The van der Waals surface area contributed by atoms with Gasteiger partial charge in [0.05, 0.1) is 11.1 Å². The number of hydrogen-bond donors (Lipinski definition) is 1. The minimum Gasteiger partial charge on any atom is -0.441 e. The van der Waals surface area contributed by atoms with Crippen molar-refractivity contribution >= 4 is 10.0 Å². The van der Waals surface area contributed by atoms with Crippen LogP contribution in [0.5, 0.6) is 0 Å². The number of rotatable bonds is 5. The van der Waals surface area contributed by atoms with Crippen molar-refractivity contribution in [2.45, 2.75) is 56.9 Å². The fourth-order valence-corrected chi connectivity index (χ4v) is 6.01. The highest BCUT2D eigenvalue weighted by Gasteiger charge is 2.33. The predicted octanol–water partition coefficient (Wildman–Crippen LogP) is 3.50. The lowest BCUT2D eigenvalue weighted by Gasteiger charge is -2.44. The molecule has 2 aromatic rings. The number of aromatic nitrogens is 1. The van der Waals surface area contributed by atoms with Gasteiger partial charge in [-0.3, -0.25) is 0 Å². The van der Waals surface area contributed by atoms with E-state index in [2.05, 4.69) is 14.6 Å². The SMILES string of the molecule is Cc1ncc(-c2ccc(C)c(S(=O)(=O)NCC3CCCN4CCCC[C@@H]34)c2)o1. The molecule has 3 heterocycles. The third kappa shape index (κ3) is 4.02. The van der Waals surface area contributed by atoms with E-state index in [9.17, 15) is 8.42 Å². The number of piperidine rings is 2. The van der Waals surface area contributed by atoms with Gasteiger partial charge >= 0.3 is 0 Å². The Morgan fingerprint density at radius 1 is 1.18 bits per heavy atom. The van der Waals surface area contributed by atoms with Gasteiger partial charge in [-0.25, -0.2) is 18.1 Å². The summed E-state index contributed by atoms with van der Waals surface area (Å²) in [6.45, 7) is 6.43. The van der Waals surface area contributed by atoms with E-state index < -0.39 is 10.0 Å². The minimum atomic E-state index is -3.58. The second-order valence-electron chi connectivity index (χ2n) is 8.08. The second-order valence-corrected chi connectivity index (χ2v) is 9.81. The van der Waals surface area contributed by atoms with E-state index in [1.807, 2.05) is 19.1 Å². The molecule has 4 rings (SSSR count). The molecule has 1 unspecified atom stereocenters. The summed E-state index contributed by atoms with van der Waals surface area (Å²) < 4.78 is 34.6. The summed E-state index contributed by atoms with van der Waals surface area (Å²) in [4.78, 5) is 6.98. The molecule has 152 valence electrons. The number of oxazole rings is 1. The maximum absolute atomic E-state index is 13.1. The molecule has 28 heavy (non-hydrogen) atoms. The lowest BCUT2D eigenvalue weighted by atomic mass is 9.84. The van der Waals surface area contributed by atoms with Crippen LogP contribution in [0.25, 0.3) is 11.3 Å². The fourth-order valence-electron chi connectivity index (χ4n) is 4.65. The molecule has 0 bridgehead atoms. The van der Waals surface area contributed by atoms with E-state index in [-0.39, 0.29) is 0 Å². The van der Waals surface area contributed by atoms with Crippen LogP contribution in [-0.2, 0) is 10.0 Å². The van der Waals surface area contributed by atoms with Crippen LogP contribution in [0.4, 0.5) is 0 Å². The Bertz CT molecular complexity index is 936. The smallest absolute Gasteiger partial charge is 0.240 e. The zero-order chi connectivity index (χ0) is 19.7. The number of nitrogens with zero attached hydrogens (tertiary/aromatic N) is 2. The molecule has 0 aliphatic carbocycles. The van der Waals surface area contributed by atoms with Crippen LogP contribution in [-0.4, -0.2) is 44.0 Å². The average Bonchev–Trinajstić information content (AvgIpc) is 3.13. The first-order valence-corrected chi connectivity index (χ1v) is 11.7. The van der Waals surface area contributed by atoms with Gasteiger partial charge < -0.3 is 9.32 Å². The first-order valence-electron chi connectivity index (χ1n) is 10.2. The Hall–Kier alpha value is -1.70. The van der Waals surface area contributed by atoms with Crippen LogP contribution in [0.15, 0.2) is 33.7 Å². The molecule has 2 fully saturated rings. The van der Waals surface area contributed by atoms with Gasteiger partial charge in [0.2, 0.25) is 10.0 Å². The molecule has 7 heteroatoms. The molecule has 2 aliphatic heterocycles. The second kappa shape index (κ2) is 7.97. The zero-order valence-electron chi connectivity index (χ0n) is 16.6. The van der Waals surface area contributed by atoms with Gasteiger partial charge in [-0.2, -0.15) is 0 Å². The van der Waals surface area contributed by atoms with E-state index in [4.69, 9.17) is 4.42 Å². The van der Waals surface area contributed by atoms with Crippen molar-refractivity contribution in [3.63, 3.8) is 0 Å². The highest BCUT2D eigenvalue weighted by Crippen LogP contribution is 2.31. The first-order chi connectivity index (χ1) is 13.4. The highest BCUT2D eigenvalue weighted by atomic mass is 32.2. The Labute approximate surface area is 167 Å². The van der Waals surface area contributed by atoms with Crippen molar-refractivity contribution in [2.24, 2.45) is 5.92 Å². The topological polar surface area (TPSA) is 75.4 Å². The van der Waals surface area contributed by atoms with Crippen molar-refractivity contribution in [1.82, 2.24) is 14.6 Å². The van der Waals surface area contributed by atoms with E-state index in [0.29, 0.717) is 35.1 Å². The number of hydrogen-bond acceptors (Lipinski definition) is 5. The first kappa shape index (κ1) is 19.6. The third-order valence-corrected chi connectivity index (χ3v) is 7.71. The third-order valence-electron chi connectivity index (χ3n) is 6.15. The number of fused-ring (bicyclic) bond motifs is 1. The molecule has 6 nitrogen and oxygen atoms in total. The van der Waals surface area contributed by atoms with Crippen molar-refractivity contribution in [1.29, 1.82) is 0 Å². The van der Waals surface area contributed by atoms with Crippen molar-refractivity contribution in [2.75, 3.05) is 19.6 Å². The standard InChI is InChI=1S/C21H29N3O3S/c1-15-8-9-17(20-14-22-16(2)27-20)12-21(15)28(25,26)23-13-18-6-5-11-24-10-4-3-7-19(18)24/h8-9,12,14,18-19,23H,3-7,10-11,13H2,1-2H3/t18?,19-/m0/s1. The Balaban J connectivity index is 1.52. The Morgan fingerprint density at radius 2 is 2.00 bits per heavy atom. The van der Waals surface area contributed by atoms with Gasteiger partial charge in [0.15, 0.2) is 11.7 Å². The summed E-state index contributed by atoms with van der Waals surface area (Å²) in [6.07, 6.45) is 7.59. The fraction of sp³-hybridized carbons (Fsp3) is 0.571. The maximum Gasteiger partial charge on any atom is 0.240 e. The molecule has 0 spiro atoms. The summed E-state index contributed by atoms with van der Waals surface area (Å²) in [5, 5.41) is 0. The maximum atomic E-state index is 13.1. The van der Waals surface area contributed by atoms with Crippen molar-refractivity contribution < 1.29 is 12.8 Å². The van der Waals surface area contributed by atoms with Crippen molar-refractivity contribution in [3.8, 4) is 11.3 Å². The molecule has 0 radical (unpaired) electrons. The number of benzene rings is 1. The lowest BCUT2D eigenvalue weighted by molar-refractivity contribution is 0.0617. The largest absolute Gasteiger partial charge is 0.441 e. The van der Waals surface area contributed by atoms with Crippen molar-refractivity contribution in [3.05, 3.63) is 35.9 Å². The minimum absolute atomic E-state index is 0.315. The Morgan fingerprint density at radius 3 is 2.79 bits per heavy atom. The molecule has 1 N–H and O–H groups in total. The van der Waals surface area contributed by atoms with Gasteiger partial charge in [0.25, 0.3) is 0 Å². The summed E-state index contributed by atoms with van der Waals surface area (Å²) >= 11 is 0. The van der Waals surface area contributed by atoms with E-state index in [0.717, 1.165) is 37.1 Å². The number of nitrogens with one attached hydrogen (secondary N) is 1. The Kier molecular flexibility index (Phi) is 5.58. The van der Waals surface area contributed by atoms with Crippen LogP contribution in [0, 0.1) is 19.8 Å². The summed E-state index contributed by atoms with van der Waals surface area (Å²) in [7, 11) is -3.58. The van der Waals surface area contributed by atoms with E-state index in [1.54, 1.807) is 19.2 Å². The highest BCUT2D eigenvalue weighted by molar-refractivity contribution is 7.89. The molecule has 0 saturated carbocycles. The monoisotopic (exact) mass is 403 g/mol. The zero-order valence-corrected chi connectivity index (χ0v) is 17.5. The number of sulfonamides is 1. The van der Waals surface area contributed by atoms with Gasteiger partial charge in [0.1, 0.15) is 0 Å². The van der Waals surface area contributed by atoms with Crippen LogP contribution in [0.3, 0.4) is 0 Å². The normalized spacial score (nSPS) is 23.5. The lowest BCUT2D eigenvalue weighted by Crippen LogP contribution is -2.50. The molecule has 1 aromatic heterocycles. The molecular formula is C21H29N3O3S. The van der Waals surface area contributed by atoms with Crippen LogP contribution in [0.2, 0.25) is 0 Å². The van der Waals surface area contributed by atoms with Crippen LogP contribution >= 0.6 is 0 Å². The average molecular weight is 404 g/mol. The van der Waals surface area contributed by atoms with Gasteiger partial charge in [-0.15, -0.1) is 0 Å². The van der Waals surface area contributed by atoms with Gasteiger partial charge in [-0.1, -0.05) is 18.6 Å². The molecular weight excluding hydrogens is 374 g/mol. The van der Waals surface area contributed by atoms with Crippen LogP contribution < -0.4 is 4.72 Å². The quantitative estimate of drug-likeness (QED) is 0.827. The van der Waals surface area contributed by atoms with E-state index >= 15 is 0 Å². The summed E-state index contributed by atoms with van der Waals surface area (Å²) in [5.74, 6) is 1.54. The van der Waals surface area contributed by atoms with Crippen LogP contribution in [0.1, 0.15) is 43.6 Å². The number of aryl methyl sites for hydroxylation is 2. The predicted molar refractivity (Wildman–Crippen MR) is 109 cm³/mol. The molecule has 2 aliphatic rings. The van der Waals surface area contributed by atoms with E-state index in [1.165, 1.54) is 19.3 Å². The molecule has 2 saturated heterocycles. The molecule has 1 aromatic carbocycles.